The summed E-state index contributed by atoms with van der Waals surface area (Å²) in [4.78, 5) is 17.6. The molecule has 1 aromatic rings. The Hall–Kier alpha value is -1.66. The molecule has 0 saturated heterocycles. The maximum absolute atomic E-state index is 12.2. The van der Waals surface area contributed by atoms with Crippen molar-refractivity contribution in [1.29, 1.82) is 0 Å². The number of nitrogens with zero attached hydrogens (tertiary/aromatic N) is 3. The molecule has 4 nitrogen and oxygen atoms in total. The second-order valence-electron chi connectivity index (χ2n) is 2.70. The first-order valence-electron chi connectivity index (χ1n) is 3.70. The van der Waals surface area contributed by atoms with Crippen molar-refractivity contribution in [3.63, 3.8) is 0 Å². The molecular weight excluding hydrogens is 199 g/mol. The molecule has 0 aliphatic carbocycles. The van der Waals surface area contributed by atoms with Crippen LogP contribution in [0.3, 0.4) is 0 Å². The standard InChI is InChI=1S/C7H4F3N3O/c8-7(9,10)4-3-5-11-1-2-13(5)6(14)12-4/h1,3H,2H2. The van der Waals surface area contributed by atoms with Crippen molar-refractivity contribution >= 4 is 12.0 Å². The molecular formula is C7H4F3N3O. The Bertz CT molecular complexity index is 460. The second kappa shape index (κ2) is 2.66. The average Bonchev–Trinajstić information content (AvgIpc) is 2.50. The van der Waals surface area contributed by atoms with Crippen molar-refractivity contribution in [1.82, 2.24) is 9.55 Å². The number of aliphatic imine (C=N–C) groups is 1. The van der Waals surface area contributed by atoms with Crippen molar-refractivity contribution in [3.05, 3.63) is 22.2 Å². The van der Waals surface area contributed by atoms with E-state index in [2.05, 4.69) is 9.98 Å². The molecule has 0 saturated carbocycles. The lowest BCUT2D eigenvalue weighted by molar-refractivity contribution is -0.141. The topological polar surface area (TPSA) is 47.2 Å². The lowest BCUT2D eigenvalue weighted by atomic mass is 10.4. The predicted octanol–water partition coefficient (Wildman–Crippen LogP) is 0.978. The van der Waals surface area contributed by atoms with E-state index < -0.39 is 17.6 Å². The van der Waals surface area contributed by atoms with E-state index in [4.69, 9.17) is 0 Å². The molecule has 74 valence electrons. The largest absolute Gasteiger partial charge is 0.433 e. The van der Waals surface area contributed by atoms with Crippen LogP contribution in [0.2, 0.25) is 0 Å². The summed E-state index contributed by atoms with van der Waals surface area (Å²) in [6.45, 7) is 0.180. The normalized spacial score (nSPS) is 14.5. The minimum absolute atomic E-state index is 0.00248. The van der Waals surface area contributed by atoms with E-state index in [0.717, 1.165) is 10.6 Å². The summed E-state index contributed by atoms with van der Waals surface area (Å²) < 4.78 is 37.6. The number of fused-ring (bicyclic) bond motifs is 1. The van der Waals surface area contributed by atoms with Gasteiger partial charge in [-0.25, -0.2) is 9.79 Å². The quantitative estimate of drug-likeness (QED) is 0.630. The van der Waals surface area contributed by atoms with Crippen molar-refractivity contribution in [2.24, 2.45) is 4.99 Å². The molecule has 7 heteroatoms. The first kappa shape index (κ1) is 8.92. The smallest absolute Gasteiger partial charge is 0.271 e. The van der Waals surface area contributed by atoms with Gasteiger partial charge in [0.1, 0.15) is 5.82 Å². The zero-order chi connectivity index (χ0) is 10.3. The van der Waals surface area contributed by atoms with Gasteiger partial charge in [0.2, 0.25) is 0 Å². The van der Waals surface area contributed by atoms with Gasteiger partial charge in [-0.3, -0.25) is 4.57 Å². The van der Waals surface area contributed by atoms with Crippen LogP contribution in [0.25, 0.3) is 0 Å². The second-order valence-corrected chi connectivity index (χ2v) is 2.70. The molecule has 1 aromatic heterocycles. The molecule has 0 radical (unpaired) electrons. The third kappa shape index (κ3) is 1.30. The van der Waals surface area contributed by atoms with Crippen LogP contribution >= 0.6 is 0 Å². The molecule has 14 heavy (non-hydrogen) atoms. The summed E-state index contributed by atoms with van der Waals surface area (Å²) in [6.07, 6.45) is -3.24. The highest BCUT2D eigenvalue weighted by molar-refractivity contribution is 5.66. The summed E-state index contributed by atoms with van der Waals surface area (Å²) in [5.41, 5.74) is -2.12. The van der Waals surface area contributed by atoms with Crippen LogP contribution in [0.5, 0.6) is 0 Å². The number of alkyl halides is 3. The third-order valence-electron chi connectivity index (χ3n) is 1.77. The van der Waals surface area contributed by atoms with Gasteiger partial charge in [0.05, 0.1) is 6.54 Å². The lowest BCUT2D eigenvalue weighted by Gasteiger charge is -2.06. The van der Waals surface area contributed by atoms with E-state index in [1.54, 1.807) is 0 Å². The maximum Gasteiger partial charge on any atom is 0.433 e. The van der Waals surface area contributed by atoms with Gasteiger partial charge in [0.15, 0.2) is 5.69 Å². The van der Waals surface area contributed by atoms with E-state index in [9.17, 15) is 18.0 Å². The van der Waals surface area contributed by atoms with Gasteiger partial charge in [-0.05, 0) is 0 Å². The fourth-order valence-corrected chi connectivity index (χ4v) is 1.13. The van der Waals surface area contributed by atoms with Gasteiger partial charge in [-0.1, -0.05) is 0 Å². The highest BCUT2D eigenvalue weighted by Crippen LogP contribution is 2.29. The molecule has 2 heterocycles. The summed E-state index contributed by atoms with van der Waals surface area (Å²) in [5.74, 6) is -0.00248. The molecule has 0 atom stereocenters. The van der Waals surface area contributed by atoms with E-state index >= 15 is 0 Å². The SMILES string of the molecule is O=c1nc(C(F)(F)F)cc2n1CC=N2. The molecule has 0 aromatic carbocycles. The maximum atomic E-state index is 12.2. The summed E-state index contributed by atoms with van der Waals surface area (Å²) >= 11 is 0. The van der Waals surface area contributed by atoms with Crippen molar-refractivity contribution < 1.29 is 13.2 Å². The van der Waals surface area contributed by atoms with Crippen LogP contribution in [0.15, 0.2) is 15.9 Å². The minimum Gasteiger partial charge on any atom is -0.271 e. The summed E-state index contributed by atoms with van der Waals surface area (Å²) in [6, 6.07) is 0.755. The van der Waals surface area contributed by atoms with Crippen molar-refractivity contribution in [2.45, 2.75) is 12.7 Å². The Balaban J connectivity index is 2.63. The zero-order valence-electron chi connectivity index (χ0n) is 6.75. The Morgan fingerprint density at radius 2 is 2.14 bits per heavy atom. The molecule has 1 aliphatic heterocycles. The van der Waals surface area contributed by atoms with Crippen LogP contribution < -0.4 is 5.69 Å². The Morgan fingerprint density at radius 1 is 1.43 bits per heavy atom. The van der Waals surface area contributed by atoms with Crippen molar-refractivity contribution in [2.75, 3.05) is 0 Å². The van der Waals surface area contributed by atoms with Gasteiger partial charge in [-0.15, -0.1) is 0 Å². The molecule has 0 amide bonds. The third-order valence-corrected chi connectivity index (χ3v) is 1.77. The molecule has 0 N–H and O–H groups in total. The summed E-state index contributed by atoms with van der Waals surface area (Å²) in [5, 5.41) is 0. The number of hydrogen-bond donors (Lipinski definition) is 0. The van der Waals surface area contributed by atoms with E-state index in [1.165, 1.54) is 6.21 Å². The van der Waals surface area contributed by atoms with Gasteiger partial charge in [-0.2, -0.15) is 18.2 Å². The van der Waals surface area contributed by atoms with E-state index in [-0.39, 0.29) is 12.4 Å². The minimum atomic E-state index is -4.60. The molecule has 0 spiro atoms. The number of aromatic nitrogens is 2. The Kier molecular flexibility index (Phi) is 1.70. The highest BCUT2D eigenvalue weighted by Gasteiger charge is 2.34. The van der Waals surface area contributed by atoms with Crippen LogP contribution in [0.4, 0.5) is 19.0 Å². The van der Waals surface area contributed by atoms with Gasteiger partial charge < -0.3 is 0 Å². The molecule has 2 rings (SSSR count). The lowest BCUT2D eigenvalue weighted by Crippen LogP contribution is -2.25. The van der Waals surface area contributed by atoms with Crippen LogP contribution in [0, 0.1) is 0 Å². The van der Waals surface area contributed by atoms with Crippen LogP contribution in [-0.2, 0) is 12.7 Å². The Labute approximate surface area is 75.7 Å². The van der Waals surface area contributed by atoms with Gasteiger partial charge in [0.25, 0.3) is 0 Å². The van der Waals surface area contributed by atoms with Crippen molar-refractivity contribution in [3.8, 4) is 0 Å². The van der Waals surface area contributed by atoms with Crippen LogP contribution in [0.1, 0.15) is 5.69 Å². The fourth-order valence-electron chi connectivity index (χ4n) is 1.13. The van der Waals surface area contributed by atoms with E-state index in [0.29, 0.717) is 0 Å². The first-order chi connectivity index (χ1) is 6.48. The van der Waals surface area contributed by atoms with Gasteiger partial charge in [0, 0.05) is 12.3 Å². The summed E-state index contributed by atoms with van der Waals surface area (Å²) in [7, 11) is 0. The molecule has 0 bridgehead atoms. The molecule has 0 fully saturated rings. The Morgan fingerprint density at radius 3 is 2.79 bits per heavy atom. The fraction of sp³-hybridized carbons (Fsp3) is 0.286. The first-order valence-corrected chi connectivity index (χ1v) is 3.70. The monoisotopic (exact) mass is 203 g/mol. The highest BCUT2D eigenvalue weighted by atomic mass is 19.4. The number of halogens is 3. The molecule has 0 unspecified atom stereocenters. The number of hydrogen-bond acceptors (Lipinski definition) is 3. The average molecular weight is 203 g/mol. The van der Waals surface area contributed by atoms with E-state index in [1.807, 2.05) is 0 Å². The molecule has 1 aliphatic rings. The van der Waals surface area contributed by atoms with Gasteiger partial charge >= 0.3 is 11.9 Å². The number of rotatable bonds is 0. The van der Waals surface area contributed by atoms with Crippen LogP contribution in [-0.4, -0.2) is 15.8 Å². The zero-order valence-corrected chi connectivity index (χ0v) is 6.75. The predicted molar refractivity (Wildman–Crippen MR) is 41.7 cm³/mol.